The molecule has 0 fully saturated rings. The molecule has 1 aromatic carbocycles. The third kappa shape index (κ3) is 5.79. The summed E-state index contributed by atoms with van der Waals surface area (Å²) in [5, 5.41) is 4.31. The van der Waals surface area contributed by atoms with Gasteiger partial charge in [0.2, 0.25) is 0 Å². The van der Waals surface area contributed by atoms with Crippen LogP contribution in [0.5, 0.6) is 11.5 Å². The van der Waals surface area contributed by atoms with Crippen LogP contribution < -0.4 is 14.8 Å². The molecule has 0 aliphatic heterocycles. The lowest BCUT2D eigenvalue weighted by Gasteiger charge is -2.23. The van der Waals surface area contributed by atoms with Crippen molar-refractivity contribution in [3.63, 3.8) is 0 Å². The number of thioether (sulfide) groups is 1. The van der Waals surface area contributed by atoms with Gasteiger partial charge in [-0.2, -0.15) is 11.8 Å². The molecule has 4 heteroatoms. The van der Waals surface area contributed by atoms with Gasteiger partial charge in [0.15, 0.2) is 0 Å². The molecule has 0 saturated heterocycles. The Bertz CT molecular complexity index is 412. The van der Waals surface area contributed by atoms with E-state index in [0.29, 0.717) is 5.25 Å². The van der Waals surface area contributed by atoms with E-state index in [-0.39, 0.29) is 6.04 Å². The minimum absolute atomic E-state index is 0.286. The van der Waals surface area contributed by atoms with Crippen LogP contribution in [-0.2, 0) is 0 Å². The van der Waals surface area contributed by atoms with E-state index >= 15 is 0 Å². The topological polar surface area (TPSA) is 30.5 Å². The lowest BCUT2D eigenvalue weighted by atomic mass is 10.1. The van der Waals surface area contributed by atoms with Crippen molar-refractivity contribution in [2.24, 2.45) is 0 Å². The molecule has 0 heterocycles. The van der Waals surface area contributed by atoms with Crippen molar-refractivity contribution in [1.29, 1.82) is 0 Å². The molecule has 0 aromatic heterocycles. The number of ether oxygens (including phenoxy) is 2. The number of methoxy groups -OCH3 is 2. The van der Waals surface area contributed by atoms with Crippen molar-refractivity contribution < 1.29 is 9.47 Å². The van der Waals surface area contributed by atoms with E-state index < -0.39 is 0 Å². The second-order valence-corrected chi connectivity index (χ2v) is 6.64. The Morgan fingerprint density at radius 1 is 1.19 bits per heavy atom. The summed E-state index contributed by atoms with van der Waals surface area (Å²) in [6.07, 6.45) is 2.32. The lowest BCUT2D eigenvalue weighted by molar-refractivity contribution is 0.392. The summed E-state index contributed by atoms with van der Waals surface area (Å²) in [4.78, 5) is 0. The fourth-order valence-corrected chi connectivity index (χ4v) is 3.12. The number of hydrogen-bond donors (Lipinski definition) is 1. The van der Waals surface area contributed by atoms with Gasteiger partial charge in [-0.1, -0.05) is 20.8 Å². The summed E-state index contributed by atoms with van der Waals surface area (Å²) in [6, 6.07) is 6.31. The summed E-state index contributed by atoms with van der Waals surface area (Å²) in [7, 11) is 3.43. The van der Waals surface area contributed by atoms with Gasteiger partial charge in [-0.3, -0.25) is 0 Å². The molecule has 0 bridgehead atoms. The van der Waals surface area contributed by atoms with E-state index in [4.69, 9.17) is 9.47 Å². The van der Waals surface area contributed by atoms with Gasteiger partial charge in [0.1, 0.15) is 11.5 Å². The summed E-state index contributed by atoms with van der Waals surface area (Å²) in [5.41, 5.74) is 1.18. The second-order valence-electron chi connectivity index (χ2n) is 5.17. The van der Waals surface area contributed by atoms with Gasteiger partial charge in [-0.05, 0) is 37.6 Å². The van der Waals surface area contributed by atoms with E-state index in [1.165, 1.54) is 12.0 Å². The fraction of sp³-hybridized carbons (Fsp3) is 0.647. The molecule has 0 spiro atoms. The van der Waals surface area contributed by atoms with Crippen LogP contribution in [0.25, 0.3) is 0 Å². The Morgan fingerprint density at radius 2 is 1.95 bits per heavy atom. The Hall–Kier alpha value is -0.870. The highest BCUT2D eigenvalue weighted by Crippen LogP contribution is 2.32. The average Bonchev–Trinajstić information content (AvgIpc) is 2.54. The predicted octanol–water partition coefficient (Wildman–Crippen LogP) is 4.28. The van der Waals surface area contributed by atoms with Crippen LogP contribution in [0.15, 0.2) is 18.2 Å². The molecule has 2 unspecified atom stereocenters. The molecular formula is C17H29NO2S. The monoisotopic (exact) mass is 311 g/mol. The third-order valence-corrected chi connectivity index (χ3v) is 5.00. The molecular weight excluding hydrogens is 282 g/mol. The van der Waals surface area contributed by atoms with E-state index in [2.05, 4.69) is 32.2 Å². The van der Waals surface area contributed by atoms with Crippen LogP contribution in [0.4, 0.5) is 0 Å². The van der Waals surface area contributed by atoms with Gasteiger partial charge in [-0.25, -0.2) is 0 Å². The third-order valence-electron chi connectivity index (χ3n) is 3.58. The van der Waals surface area contributed by atoms with Crippen LogP contribution in [0.2, 0.25) is 0 Å². The molecule has 120 valence electrons. The normalized spacial score (nSPS) is 13.8. The first-order valence-corrected chi connectivity index (χ1v) is 8.77. The number of hydrogen-bond acceptors (Lipinski definition) is 4. The molecule has 2 atom stereocenters. The maximum atomic E-state index is 5.53. The second kappa shape index (κ2) is 9.96. The highest BCUT2D eigenvalue weighted by atomic mass is 32.2. The number of benzene rings is 1. The van der Waals surface area contributed by atoms with Crippen LogP contribution in [-0.4, -0.2) is 31.8 Å². The van der Waals surface area contributed by atoms with Gasteiger partial charge >= 0.3 is 0 Å². The molecule has 21 heavy (non-hydrogen) atoms. The minimum Gasteiger partial charge on any atom is -0.497 e. The maximum Gasteiger partial charge on any atom is 0.123 e. The standard InChI is InChI=1S/C17H29NO2S/c1-6-10-18-16(12-21-13(3)7-2)15-11-14(19-4)8-9-17(15)20-5/h8-9,11,13,16,18H,6-7,10,12H2,1-5H3. The molecule has 1 N–H and O–H groups in total. The molecule has 0 aliphatic rings. The lowest BCUT2D eigenvalue weighted by Crippen LogP contribution is -2.25. The fourth-order valence-electron chi connectivity index (χ4n) is 2.07. The highest BCUT2D eigenvalue weighted by Gasteiger charge is 2.17. The first-order chi connectivity index (χ1) is 10.2. The molecule has 1 aromatic rings. The van der Waals surface area contributed by atoms with Crippen molar-refractivity contribution in [3.8, 4) is 11.5 Å². The molecule has 0 saturated carbocycles. The zero-order chi connectivity index (χ0) is 15.7. The van der Waals surface area contributed by atoms with E-state index in [0.717, 1.165) is 30.2 Å². The maximum absolute atomic E-state index is 5.53. The Morgan fingerprint density at radius 3 is 2.52 bits per heavy atom. The molecule has 1 rings (SSSR count). The van der Waals surface area contributed by atoms with E-state index in [1.54, 1.807) is 14.2 Å². The summed E-state index contributed by atoms with van der Waals surface area (Å²) >= 11 is 2.00. The van der Waals surface area contributed by atoms with Crippen molar-refractivity contribution in [3.05, 3.63) is 23.8 Å². The number of rotatable bonds is 10. The minimum atomic E-state index is 0.286. The zero-order valence-electron chi connectivity index (χ0n) is 13.9. The van der Waals surface area contributed by atoms with Crippen LogP contribution >= 0.6 is 11.8 Å². The van der Waals surface area contributed by atoms with Crippen LogP contribution in [0, 0.1) is 0 Å². The van der Waals surface area contributed by atoms with Crippen LogP contribution in [0.3, 0.4) is 0 Å². The largest absolute Gasteiger partial charge is 0.497 e. The summed E-state index contributed by atoms with van der Waals surface area (Å²) in [6.45, 7) is 7.71. The van der Waals surface area contributed by atoms with Gasteiger partial charge < -0.3 is 14.8 Å². The van der Waals surface area contributed by atoms with Gasteiger partial charge in [0, 0.05) is 22.6 Å². The SMILES string of the molecule is CCCNC(CSC(C)CC)c1cc(OC)ccc1OC. The smallest absolute Gasteiger partial charge is 0.123 e. The highest BCUT2D eigenvalue weighted by molar-refractivity contribution is 7.99. The molecule has 0 amide bonds. The van der Waals surface area contributed by atoms with Crippen molar-refractivity contribution in [2.45, 2.75) is 44.9 Å². The van der Waals surface area contributed by atoms with Gasteiger partial charge in [0.05, 0.1) is 14.2 Å². The Kier molecular flexibility index (Phi) is 8.62. The quantitative estimate of drug-likeness (QED) is 0.699. The molecule has 0 radical (unpaired) electrons. The first-order valence-electron chi connectivity index (χ1n) is 7.73. The molecule has 0 aliphatic carbocycles. The van der Waals surface area contributed by atoms with Crippen molar-refractivity contribution >= 4 is 11.8 Å². The van der Waals surface area contributed by atoms with E-state index in [9.17, 15) is 0 Å². The predicted molar refractivity (Wildman–Crippen MR) is 92.8 cm³/mol. The summed E-state index contributed by atoms with van der Waals surface area (Å²) < 4.78 is 10.9. The molecule has 3 nitrogen and oxygen atoms in total. The average molecular weight is 311 g/mol. The van der Waals surface area contributed by atoms with Gasteiger partial charge in [-0.15, -0.1) is 0 Å². The number of nitrogens with one attached hydrogen (secondary N) is 1. The van der Waals surface area contributed by atoms with E-state index in [1.807, 2.05) is 23.9 Å². The Labute approximate surface area is 133 Å². The van der Waals surface area contributed by atoms with Crippen molar-refractivity contribution in [1.82, 2.24) is 5.32 Å². The zero-order valence-corrected chi connectivity index (χ0v) is 14.8. The van der Waals surface area contributed by atoms with Crippen molar-refractivity contribution in [2.75, 3.05) is 26.5 Å². The Balaban J connectivity index is 2.94. The van der Waals surface area contributed by atoms with Crippen LogP contribution in [0.1, 0.15) is 45.2 Å². The summed E-state index contributed by atoms with van der Waals surface area (Å²) in [5.74, 6) is 2.84. The van der Waals surface area contributed by atoms with Gasteiger partial charge in [0.25, 0.3) is 0 Å². The first kappa shape index (κ1) is 18.2.